The predicted molar refractivity (Wildman–Crippen MR) is 68.1 cm³/mol. The summed E-state index contributed by atoms with van der Waals surface area (Å²) in [6.07, 6.45) is 2.09. The number of carbonyl (C=O) groups is 1. The van der Waals surface area contributed by atoms with Crippen molar-refractivity contribution in [3.05, 3.63) is 10.7 Å². The van der Waals surface area contributed by atoms with Crippen molar-refractivity contribution in [3.8, 4) is 0 Å². The predicted octanol–water partition coefficient (Wildman–Crippen LogP) is 0.696. The Morgan fingerprint density at radius 2 is 2.33 bits per heavy atom. The van der Waals surface area contributed by atoms with Crippen molar-refractivity contribution >= 4 is 38.9 Å². The van der Waals surface area contributed by atoms with Gasteiger partial charge in [0.2, 0.25) is 5.91 Å². The number of carbonyl (C=O) groups excluding carboxylic acids is 1. The molecule has 1 atom stereocenters. The smallest absolute Gasteiger partial charge is 0.252 e. The van der Waals surface area contributed by atoms with Crippen LogP contribution in [0.4, 0.5) is 0 Å². The van der Waals surface area contributed by atoms with Crippen molar-refractivity contribution in [1.82, 2.24) is 14.6 Å². The van der Waals surface area contributed by atoms with Gasteiger partial charge in [-0.15, -0.1) is 0 Å². The Kier molecular flexibility index (Phi) is 3.90. The summed E-state index contributed by atoms with van der Waals surface area (Å²) in [6, 6.07) is -0.265. The molecule has 0 aromatic carbocycles. The number of hydrogen-bond donors (Lipinski definition) is 1. The zero-order valence-electron chi connectivity index (χ0n) is 9.59. The van der Waals surface area contributed by atoms with Crippen LogP contribution in [0.2, 0.25) is 4.47 Å². The van der Waals surface area contributed by atoms with E-state index in [2.05, 4.69) is 9.71 Å². The van der Waals surface area contributed by atoms with Crippen molar-refractivity contribution in [1.29, 1.82) is 0 Å². The summed E-state index contributed by atoms with van der Waals surface area (Å²) in [7, 11) is -1.94. The Morgan fingerprint density at radius 1 is 1.61 bits per heavy atom. The minimum Gasteiger partial charge on any atom is -0.344 e. The Hall–Kier alpha value is -0.700. The van der Waals surface area contributed by atoms with Crippen LogP contribution in [0.15, 0.2) is 10.4 Å². The number of rotatable bonds is 3. The standard InChI is InChI=1S/C9H12ClN3O3S2/c1-13-5-6(2-3-7(13)14)12-18(15,16)8-4-11-9(10)17-8/h4,6,12H,2-3,5H2,1H3. The molecule has 1 unspecified atom stereocenters. The van der Waals surface area contributed by atoms with Crippen molar-refractivity contribution in [3.63, 3.8) is 0 Å². The van der Waals surface area contributed by atoms with Crippen LogP contribution in [-0.2, 0) is 14.8 Å². The third-order valence-corrected chi connectivity index (χ3v) is 5.77. The monoisotopic (exact) mass is 309 g/mol. The molecule has 2 heterocycles. The van der Waals surface area contributed by atoms with Gasteiger partial charge in [-0.2, -0.15) is 0 Å². The third kappa shape index (κ3) is 3.00. The first-order valence-electron chi connectivity index (χ1n) is 5.26. The van der Waals surface area contributed by atoms with Crippen LogP contribution in [0.5, 0.6) is 0 Å². The van der Waals surface area contributed by atoms with Gasteiger partial charge in [-0.05, 0) is 6.42 Å². The van der Waals surface area contributed by atoms with Crippen molar-refractivity contribution < 1.29 is 13.2 Å². The van der Waals surface area contributed by atoms with E-state index in [1.54, 1.807) is 7.05 Å². The van der Waals surface area contributed by atoms with E-state index in [0.29, 0.717) is 19.4 Å². The lowest BCUT2D eigenvalue weighted by molar-refractivity contribution is -0.132. The number of nitrogens with zero attached hydrogens (tertiary/aromatic N) is 2. The largest absolute Gasteiger partial charge is 0.344 e. The molecule has 1 aromatic heterocycles. The Bertz CT molecular complexity index is 557. The van der Waals surface area contributed by atoms with Crippen LogP contribution in [-0.4, -0.2) is 43.8 Å². The number of thiazole rings is 1. The fourth-order valence-electron chi connectivity index (χ4n) is 1.75. The van der Waals surface area contributed by atoms with E-state index in [1.165, 1.54) is 11.1 Å². The maximum atomic E-state index is 12.0. The molecule has 1 saturated heterocycles. The molecular formula is C9H12ClN3O3S2. The highest BCUT2D eigenvalue weighted by Crippen LogP contribution is 2.23. The minimum atomic E-state index is -3.60. The van der Waals surface area contributed by atoms with Gasteiger partial charge in [0.25, 0.3) is 10.0 Å². The molecule has 1 N–H and O–H groups in total. The fraction of sp³-hybridized carbons (Fsp3) is 0.556. The summed E-state index contributed by atoms with van der Waals surface area (Å²) in [5.74, 6) is 0.0336. The van der Waals surface area contributed by atoms with Crippen LogP contribution in [0, 0.1) is 0 Å². The topological polar surface area (TPSA) is 79.4 Å². The molecule has 0 aliphatic carbocycles. The van der Waals surface area contributed by atoms with Gasteiger partial charge < -0.3 is 4.90 Å². The van der Waals surface area contributed by atoms with Gasteiger partial charge in [0.1, 0.15) is 0 Å². The maximum Gasteiger partial charge on any atom is 0.252 e. The second-order valence-corrected chi connectivity index (χ2v) is 7.62. The lowest BCUT2D eigenvalue weighted by Crippen LogP contribution is -2.48. The van der Waals surface area contributed by atoms with Gasteiger partial charge in [-0.3, -0.25) is 4.79 Å². The highest BCUT2D eigenvalue weighted by Gasteiger charge is 2.28. The van der Waals surface area contributed by atoms with Gasteiger partial charge in [-0.25, -0.2) is 18.1 Å². The SMILES string of the molecule is CN1CC(NS(=O)(=O)c2cnc(Cl)s2)CCC1=O. The van der Waals surface area contributed by atoms with Crippen LogP contribution < -0.4 is 4.72 Å². The third-order valence-electron chi connectivity index (χ3n) is 2.67. The summed E-state index contributed by atoms with van der Waals surface area (Å²) < 4.78 is 26.8. The minimum absolute atomic E-state index is 0.0336. The van der Waals surface area contributed by atoms with Gasteiger partial charge in [0.15, 0.2) is 8.68 Å². The molecule has 1 fully saturated rings. The fourth-order valence-corrected chi connectivity index (χ4v) is 4.32. The van der Waals surface area contributed by atoms with Crippen LogP contribution in [0.1, 0.15) is 12.8 Å². The van der Waals surface area contributed by atoms with E-state index >= 15 is 0 Å². The number of likely N-dealkylation sites (N-methyl/N-ethyl adjacent to an activating group) is 1. The highest BCUT2D eigenvalue weighted by atomic mass is 35.5. The summed E-state index contributed by atoms with van der Waals surface area (Å²) >= 11 is 6.52. The molecule has 9 heteroatoms. The summed E-state index contributed by atoms with van der Waals surface area (Å²) in [5, 5.41) is 0. The zero-order valence-corrected chi connectivity index (χ0v) is 12.0. The maximum absolute atomic E-state index is 12.0. The quantitative estimate of drug-likeness (QED) is 0.891. The van der Waals surface area contributed by atoms with Gasteiger partial charge in [0.05, 0.1) is 6.20 Å². The molecule has 0 spiro atoms. The molecule has 6 nitrogen and oxygen atoms in total. The number of halogens is 1. The second kappa shape index (κ2) is 5.12. The first-order chi connectivity index (χ1) is 8.38. The van der Waals surface area contributed by atoms with E-state index in [1.807, 2.05) is 0 Å². The van der Waals surface area contributed by atoms with Crippen molar-refractivity contribution in [2.24, 2.45) is 0 Å². The molecule has 1 aromatic rings. The van der Waals surface area contributed by atoms with Crippen LogP contribution in [0.3, 0.4) is 0 Å². The zero-order chi connectivity index (χ0) is 13.3. The number of sulfonamides is 1. The average Bonchev–Trinajstić information content (AvgIpc) is 2.71. The Morgan fingerprint density at radius 3 is 2.89 bits per heavy atom. The number of nitrogens with one attached hydrogen (secondary N) is 1. The molecule has 100 valence electrons. The van der Waals surface area contributed by atoms with E-state index < -0.39 is 10.0 Å². The first-order valence-corrected chi connectivity index (χ1v) is 7.94. The van der Waals surface area contributed by atoms with E-state index in [-0.39, 0.29) is 20.6 Å². The molecule has 18 heavy (non-hydrogen) atoms. The van der Waals surface area contributed by atoms with Crippen LogP contribution >= 0.6 is 22.9 Å². The lowest BCUT2D eigenvalue weighted by atomic mass is 10.1. The molecule has 1 aliphatic heterocycles. The molecule has 0 bridgehead atoms. The van der Waals surface area contributed by atoms with E-state index in [0.717, 1.165) is 11.3 Å². The van der Waals surface area contributed by atoms with Crippen molar-refractivity contribution in [2.75, 3.05) is 13.6 Å². The lowest BCUT2D eigenvalue weighted by Gasteiger charge is -2.29. The first kappa shape index (κ1) is 13.7. The van der Waals surface area contributed by atoms with Gasteiger partial charge in [-0.1, -0.05) is 22.9 Å². The van der Waals surface area contributed by atoms with Gasteiger partial charge >= 0.3 is 0 Å². The van der Waals surface area contributed by atoms with Crippen molar-refractivity contribution in [2.45, 2.75) is 23.1 Å². The second-order valence-electron chi connectivity index (χ2n) is 4.06. The normalized spacial score (nSPS) is 21.3. The van der Waals surface area contributed by atoms with E-state index in [4.69, 9.17) is 11.6 Å². The van der Waals surface area contributed by atoms with Gasteiger partial charge in [0, 0.05) is 26.1 Å². The summed E-state index contributed by atoms with van der Waals surface area (Å²) in [4.78, 5) is 16.5. The summed E-state index contributed by atoms with van der Waals surface area (Å²) in [5.41, 5.74) is 0. The molecule has 2 rings (SSSR count). The van der Waals surface area contributed by atoms with Crippen LogP contribution in [0.25, 0.3) is 0 Å². The number of likely N-dealkylation sites (tertiary alicyclic amines) is 1. The summed E-state index contributed by atoms with van der Waals surface area (Å²) in [6.45, 7) is 0.380. The average molecular weight is 310 g/mol. The van der Waals surface area contributed by atoms with E-state index in [9.17, 15) is 13.2 Å². The Labute approximate surface area is 114 Å². The number of aromatic nitrogens is 1. The number of piperidine rings is 1. The molecule has 0 saturated carbocycles. The number of amides is 1. The number of hydrogen-bond acceptors (Lipinski definition) is 5. The Balaban J connectivity index is 2.07. The molecular weight excluding hydrogens is 298 g/mol. The highest BCUT2D eigenvalue weighted by molar-refractivity contribution is 7.91. The molecule has 1 aliphatic rings. The molecule has 1 amide bonds. The molecule has 0 radical (unpaired) electrons.